The summed E-state index contributed by atoms with van der Waals surface area (Å²) in [6.07, 6.45) is -0.217. The molecule has 0 radical (unpaired) electrons. The second-order valence-electron chi connectivity index (χ2n) is 8.83. The third-order valence-corrected chi connectivity index (χ3v) is 5.08. The minimum absolute atomic E-state index is 0.137. The summed E-state index contributed by atoms with van der Waals surface area (Å²) in [6.45, 7) is 5.30. The normalized spacial score (nSPS) is 19.5. The fourth-order valence-electron chi connectivity index (χ4n) is 3.63. The Morgan fingerprint density at radius 1 is 1.23 bits per heavy atom. The molecule has 0 aliphatic carbocycles. The van der Waals surface area contributed by atoms with Crippen molar-refractivity contribution in [3.05, 3.63) is 65.5 Å². The highest BCUT2D eigenvalue weighted by Crippen LogP contribution is 2.29. The van der Waals surface area contributed by atoms with Crippen LogP contribution in [0.25, 0.3) is 0 Å². The third kappa shape index (κ3) is 6.44. The molecule has 3 atom stereocenters. The lowest BCUT2D eigenvalue weighted by atomic mass is 9.92. The Kier molecular flexibility index (Phi) is 6.83. The van der Waals surface area contributed by atoms with Crippen molar-refractivity contribution in [2.24, 2.45) is 5.92 Å². The first-order valence-electron chi connectivity index (χ1n) is 10.3. The lowest BCUT2D eigenvalue weighted by Crippen LogP contribution is -2.46. The van der Waals surface area contributed by atoms with E-state index in [9.17, 15) is 19.1 Å². The molecular weight excluding hydrogens is 401 g/mol. The fraction of sp³-hybridized carbons (Fsp3) is 0.417. The van der Waals surface area contributed by atoms with Gasteiger partial charge in [0.2, 0.25) is 0 Å². The van der Waals surface area contributed by atoms with E-state index in [1.165, 1.54) is 6.07 Å². The van der Waals surface area contributed by atoms with Crippen LogP contribution in [0.4, 0.5) is 9.18 Å². The summed E-state index contributed by atoms with van der Waals surface area (Å²) in [5, 5.41) is 12.3. The maximum Gasteiger partial charge on any atom is 0.408 e. The number of alkyl carbamates (subject to hydrolysis) is 1. The van der Waals surface area contributed by atoms with Crippen molar-refractivity contribution < 1.29 is 28.6 Å². The van der Waals surface area contributed by atoms with E-state index in [4.69, 9.17) is 9.47 Å². The number of hydrogen-bond acceptors (Lipinski definition) is 5. The highest BCUT2D eigenvalue weighted by Gasteiger charge is 2.40. The second-order valence-corrected chi connectivity index (χ2v) is 8.83. The molecule has 0 aromatic heterocycles. The quantitative estimate of drug-likeness (QED) is 0.674. The number of ether oxygens (including phenoxy) is 2. The minimum atomic E-state index is -0.674. The van der Waals surface area contributed by atoms with Crippen LogP contribution < -0.4 is 5.32 Å². The molecule has 1 heterocycles. The van der Waals surface area contributed by atoms with E-state index in [1.54, 1.807) is 63.2 Å². The first-order chi connectivity index (χ1) is 14.6. The maximum atomic E-state index is 14.0. The number of aromatic hydroxyl groups is 1. The molecule has 1 amide bonds. The molecule has 31 heavy (non-hydrogen) atoms. The summed E-state index contributed by atoms with van der Waals surface area (Å²) >= 11 is 0. The molecule has 6 nitrogen and oxygen atoms in total. The standard InChI is InChI=1S/C24H28FNO5/c1-24(2,3)31-23(29)26-20(12-15-8-10-18(27)11-9-15)21-14-17(22(28)30-21)13-16-6-4-5-7-19(16)25/h4-11,17,20-21,27H,12-14H2,1-3H3,(H,26,29)/t17-,20+,21+/m1/s1. The molecule has 0 bridgehead atoms. The Morgan fingerprint density at radius 2 is 1.90 bits per heavy atom. The lowest BCUT2D eigenvalue weighted by Gasteiger charge is -2.26. The molecule has 1 saturated heterocycles. The molecule has 0 unspecified atom stereocenters. The number of rotatable bonds is 6. The zero-order chi connectivity index (χ0) is 22.6. The van der Waals surface area contributed by atoms with E-state index < -0.39 is 35.7 Å². The van der Waals surface area contributed by atoms with E-state index >= 15 is 0 Å². The van der Waals surface area contributed by atoms with Gasteiger partial charge in [0.25, 0.3) is 0 Å². The largest absolute Gasteiger partial charge is 0.508 e. The van der Waals surface area contributed by atoms with Crippen LogP contribution in [0.2, 0.25) is 0 Å². The van der Waals surface area contributed by atoms with Crippen LogP contribution in [0.3, 0.4) is 0 Å². The van der Waals surface area contributed by atoms with E-state index in [0.717, 1.165) is 5.56 Å². The maximum absolute atomic E-state index is 14.0. The Morgan fingerprint density at radius 3 is 2.55 bits per heavy atom. The van der Waals surface area contributed by atoms with E-state index in [0.29, 0.717) is 18.4 Å². The van der Waals surface area contributed by atoms with Crippen molar-refractivity contribution in [3.8, 4) is 5.75 Å². The van der Waals surface area contributed by atoms with Crippen molar-refractivity contribution in [1.82, 2.24) is 5.32 Å². The number of carbonyl (C=O) groups is 2. The minimum Gasteiger partial charge on any atom is -0.508 e. The van der Waals surface area contributed by atoms with Gasteiger partial charge in [-0.1, -0.05) is 30.3 Å². The molecule has 2 N–H and O–H groups in total. The van der Waals surface area contributed by atoms with E-state index in [1.807, 2.05) is 0 Å². The number of halogens is 1. The summed E-state index contributed by atoms with van der Waals surface area (Å²) < 4.78 is 25.0. The smallest absolute Gasteiger partial charge is 0.408 e. The molecule has 1 aliphatic heterocycles. The second kappa shape index (κ2) is 9.37. The molecule has 3 rings (SSSR count). The number of amides is 1. The first-order valence-corrected chi connectivity index (χ1v) is 10.3. The summed E-state index contributed by atoms with van der Waals surface area (Å²) in [6, 6.07) is 12.4. The molecule has 7 heteroatoms. The SMILES string of the molecule is CC(C)(C)OC(=O)N[C@@H](Cc1ccc(O)cc1)[C@@H]1C[C@@H](Cc2ccccc2F)C(=O)O1. The van der Waals surface area contributed by atoms with Gasteiger partial charge in [0, 0.05) is 6.42 Å². The third-order valence-electron chi connectivity index (χ3n) is 5.08. The Balaban J connectivity index is 1.74. The predicted molar refractivity (Wildman–Crippen MR) is 113 cm³/mol. The zero-order valence-corrected chi connectivity index (χ0v) is 17.9. The molecule has 0 spiro atoms. The van der Waals surface area contributed by atoms with Gasteiger partial charge in [0.15, 0.2) is 0 Å². The predicted octanol–water partition coefficient (Wildman–Crippen LogP) is 4.14. The van der Waals surface area contributed by atoms with Crippen LogP contribution in [0.15, 0.2) is 48.5 Å². The molecule has 0 saturated carbocycles. The van der Waals surface area contributed by atoms with Crippen molar-refractivity contribution in [2.45, 2.75) is 57.8 Å². The van der Waals surface area contributed by atoms with Gasteiger partial charge in [-0.25, -0.2) is 9.18 Å². The molecule has 2 aromatic carbocycles. The van der Waals surface area contributed by atoms with Gasteiger partial charge >= 0.3 is 12.1 Å². The summed E-state index contributed by atoms with van der Waals surface area (Å²) in [7, 11) is 0. The molecular formula is C24H28FNO5. The number of phenols is 1. The first kappa shape index (κ1) is 22.6. The van der Waals surface area contributed by atoms with Crippen LogP contribution in [0.5, 0.6) is 5.75 Å². The molecule has 1 fully saturated rings. The summed E-state index contributed by atoms with van der Waals surface area (Å²) in [5.74, 6) is -1.12. The topological polar surface area (TPSA) is 84.9 Å². The van der Waals surface area contributed by atoms with Crippen molar-refractivity contribution in [3.63, 3.8) is 0 Å². The number of esters is 1. The van der Waals surface area contributed by atoms with Crippen LogP contribution >= 0.6 is 0 Å². The van der Waals surface area contributed by atoms with Gasteiger partial charge in [0.05, 0.1) is 12.0 Å². The number of phenolic OH excluding ortho intramolecular Hbond substituents is 1. The number of hydrogen-bond donors (Lipinski definition) is 2. The highest BCUT2D eigenvalue weighted by atomic mass is 19.1. The molecule has 1 aliphatic rings. The average Bonchev–Trinajstić information content (AvgIpc) is 3.04. The zero-order valence-electron chi connectivity index (χ0n) is 17.9. The number of benzene rings is 2. The average molecular weight is 429 g/mol. The molecule has 166 valence electrons. The number of nitrogens with one attached hydrogen (secondary N) is 1. The van der Waals surface area contributed by atoms with Crippen molar-refractivity contribution in [2.75, 3.05) is 0 Å². The number of cyclic esters (lactones) is 1. The Bertz CT molecular complexity index is 922. The highest BCUT2D eigenvalue weighted by molar-refractivity contribution is 5.75. The molecule has 2 aromatic rings. The van der Waals surface area contributed by atoms with Crippen LogP contribution in [-0.2, 0) is 27.1 Å². The Hall–Kier alpha value is -3.09. The van der Waals surface area contributed by atoms with Gasteiger partial charge in [0.1, 0.15) is 23.3 Å². The van der Waals surface area contributed by atoms with E-state index in [-0.39, 0.29) is 18.0 Å². The van der Waals surface area contributed by atoms with Crippen LogP contribution in [-0.4, -0.2) is 34.9 Å². The van der Waals surface area contributed by atoms with E-state index in [2.05, 4.69) is 5.32 Å². The fourth-order valence-corrected chi connectivity index (χ4v) is 3.63. The van der Waals surface area contributed by atoms with Crippen LogP contribution in [0, 0.1) is 11.7 Å². The van der Waals surface area contributed by atoms with Gasteiger partial charge in [-0.15, -0.1) is 0 Å². The van der Waals surface area contributed by atoms with Gasteiger partial charge in [-0.3, -0.25) is 4.79 Å². The van der Waals surface area contributed by atoms with Crippen molar-refractivity contribution >= 4 is 12.1 Å². The van der Waals surface area contributed by atoms with Gasteiger partial charge in [-0.05, 0) is 62.9 Å². The number of carbonyl (C=O) groups excluding carboxylic acids is 2. The Labute approximate surface area is 181 Å². The lowest BCUT2D eigenvalue weighted by molar-refractivity contribution is -0.145. The monoisotopic (exact) mass is 429 g/mol. The van der Waals surface area contributed by atoms with Crippen LogP contribution in [0.1, 0.15) is 38.3 Å². The van der Waals surface area contributed by atoms with Gasteiger partial charge < -0.3 is 19.9 Å². The van der Waals surface area contributed by atoms with Crippen molar-refractivity contribution in [1.29, 1.82) is 0 Å². The van der Waals surface area contributed by atoms with Gasteiger partial charge in [-0.2, -0.15) is 0 Å². The summed E-state index contributed by atoms with van der Waals surface area (Å²) in [5.41, 5.74) is 0.639. The summed E-state index contributed by atoms with van der Waals surface area (Å²) in [4.78, 5) is 24.9.